The minimum atomic E-state index is -0.768. The van der Waals surface area contributed by atoms with E-state index < -0.39 is 6.10 Å². The van der Waals surface area contributed by atoms with Crippen molar-refractivity contribution in [3.63, 3.8) is 0 Å². The maximum atomic E-state index is 12.9. The number of carbonyl (C=O) groups excluding carboxylic acids is 3. The first-order chi connectivity index (χ1) is 34.5. The Morgan fingerprint density at radius 1 is 0.271 bits per heavy atom. The molecule has 0 amide bonds. The Bertz CT molecular complexity index is 1090. The molecule has 0 N–H and O–H groups in total. The van der Waals surface area contributed by atoms with E-state index in [1.807, 2.05) is 0 Å². The lowest BCUT2D eigenvalue weighted by atomic mass is 10.0. The summed E-state index contributed by atoms with van der Waals surface area (Å²) in [6, 6.07) is 0. The van der Waals surface area contributed by atoms with Crippen LogP contribution in [0.1, 0.15) is 361 Å². The van der Waals surface area contributed by atoms with Gasteiger partial charge in [0.05, 0.1) is 0 Å². The molecule has 70 heavy (non-hydrogen) atoms. The molecule has 0 saturated heterocycles. The van der Waals surface area contributed by atoms with Crippen molar-refractivity contribution in [3.8, 4) is 0 Å². The van der Waals surface area contributed by atoms with Crippen LogP contribution in [0.4, 0.5) is 0 Å². The van der Waals surface area contributed by atoms with Gasteiger partial charge in [0.25, 0.3) is 0 Å². The molecule has 0 heterocycles. The summed E-state index contributed by atoms with van der Waals surface area (Å²) in [5.41, 5.74) is 0. The smallest absolute Gasteiger partial charge is 0.306 e. The summed E-state index contributed by atoms with van der Waals surface area (Å²) in [7, 11) is 0. The SMILES string of the molecule is CCC/C=C\CCCCCCCC(=O)OCC(COC(=O)CCCCCCCCCCCCCCCCCCCCCCCCC)OC(=O)CCCCCCCCCCCCCCCCCCCCC. The molecule has 0 aromatic carbocycles. The fourth-order valence-electron chi connectivity index (χ4n) is 9.74. The normalized spacial score (nSPS) is 12.0. The van der Waals surface area contributed by atoms with Crippen molar-refractivity contribution in [2.45, 2.75) is 367 Å². The van der Waals surface area contributed by atoms with E-state index in [0.29, 0.717) is 19.3 Å². The van der Waals surface area contributed by atoms with Crippen molar-refractivity contribution in [2.24, 2.45) is 0 Å². The Morgan fingerprint density at radius 2 is 0.500 bits per heavy atom. The topological polar surface area (TPSA) is 78.9 Å². The number of unbranched alkanes of at least 4 members (excludes halogenated alkanes) is 46. The fraction of sp³-hybridized carbons (Fsp3) is 0.922. The molecule has 0 fully saturated rings. The quantitative estimate of drug-likeness (QED) is 0.0261. The standard InChI is InChI=1S/C64H122O6/c1-4-7-10-13-16-19-22-24-26-28-30-31-32-33-35-36-38-40-42-45-48-51-54-57-63(66)69-60-61(59-68-62(65)56-53-50-47-44-21-18-15-12-9-6-3)70-64(67)58-55-52-49-46-43-41-39-37-34-29-27-25-23-20-17-14-11-8-5-2/h12,15,61H,4-11,13-14,16-60H2,1-3H3/b15-12-. The molecular weight excluding hydrogens is 865 g/mol. The van der Waals surface area contributed by atoms with Crippen LogP contribution in [-0.4, -0.2) is 37.2 Å². The molecule has 0 aromatic rings. The highest BCUT2D eigenvalue weighted by molar-refractivity contribution is 5.71. The summed E-state index contributed by atoms with van der Waals surface area (Å²) in [6.45, 7) is 6.65. The molecule has 1 unspecified atom stereocenters. The van der Waals surface area contributed by atoms with Gasteiger partial charge in [-0.15, -0.1) is 0 Å². The van der Waals surface area contributed by atoms with Crippen molar-refractivity contribution in [3.05, 3.63) is 12.2 Å². The highest BCUT2D eigenvalue weighted by atomic mass is 16.6. The van der Waals surface area contributed by atoms with Gasteiger partial charge in [0.15, 0.2) is 6.10 Å². The van der Waals surface area contributed by atoms with E-state index >= 15 is 0 Å². The van der Waals surface area contributed by atoms with E-state index in [9.17, 15) is 14.4 Å². The average molecular weight is 988 g/mol. The molecule has 0 aliphatic carbocycles. The van der Waals surface area contributed by atoms with Gasteiger partial charge < -0.3 is 14.2 Å². The predicted molar refractivity (Wildman–Crippen MR) is 303 cm³/mol. The minimum absolute atomic E-state index is 0.0664. The largest absolute Gasteiger partial charge is 0.462 e. The lowest BCUT2D eigenvalue weighted by molar-refractivity contribution is -0.167. The molecular formula is C64H122O6. The van der Waals surface area contributed by atoms with Crippen LogP contribution in [0.2, 0.25) is 0 Å². The number of hydrogen-bond donors (Lipinski definition) is 0. The van der Waals surface area contributed by atoms with E-state index in [0.717, 1.165) is 70.6 Å². The van der Waals surface area contributed by atoms with Gasteiger partial charge in [0.1, 0.15) is 13.2 Å². The third kappa shape index (κ3) is 57.1. The molecule has 0 saturated carbocycles. The van der Waals surface area contributed by atoms with Crippen LogP contribution in [-0.2, 0) is 28.6 Å². The number of hydrogen-bond acceptors (Lipinski definition) is 6. The monoisotopic (exact) mass is 987 g/mol. The Balaban J connectivity index is 4.17. The first-order valence-corrected chi connectivity index (χ1v) is 31.7. The first kappa shape index (κ1) is 68.2. The van der Waals surface area contributed by atoms with Crippen LogP contribution in [0, 0.1) is 0 Å². The molecule has 414 valence electrons. The molecule has 0 aliphatic rings. The summed E-state index contributed by atoms with van der Waals surface area (Å²) >= 11 is 0. The second-order valence-electron chi connectivity index (χ2n) is 21.7. The van der Waals surface area contributed by atoms with Gasteiger partial charge in [-0.05, 0) is 38.5 Å². The maximum Gasteiger partial charge on any atom is 0.306 e. The molecule has 0 aromatic heterocycles. The molecule has 0 radical (unpaired) electrons. The highest BCUT2D eigenvalue weighted by Crippen LogP contribution is 2.18. The lowest BCUT2D eigenvalue weighted by Crippen LogP contribution is -2.30. The fourth-order valence-corrected chi connectivity index (χ4v) is 9.74. The second kappa shape index (κ2) is 59.7. The van der Waals surface area contributed by atoms with Gasteiger partial charge in [-0.2, -0.15) is 0 Å². The van der Waals surface area contributed by atoms with Crippen LogP contribution in [0.25, 0.3) is 0 Å². The minimum Gasteiger partial charge on any atom is -0.462 e. The Kier molecular flexibility index (Phi) is 58.1. The van der Waals surface area contributed by atoms with Gasteiger partial charge in [-0.25, -0.2) is 0 Å². The summed E-state index contributed by atoms with van der Waals surface area (Å²) in [6.07, 6.45) is 69.5. The number of esters is 3. The summed E-state index contributed by atoms with van der Waals surface area (Å²) < 4.78 is 16.9. The van der Waals surface area contributed by atoms with Crippen molar-refractivity contribution >= 4 is 17.9 Å². The lowest BCUT2D eigenvalue weighted by Gasteiger charge is -2.18. The van der Waals surface area contributed by atoms with E-state index in [-0.39, 0.29) is 31.1 Å². The third-order valence-corrected chi connectivity index (χ3v) is 14.5. The van der Waals surface area contributed by atoms with Crippen LogP contribution >= 0.6 is 0 Å². The molecule has 0 bridgehead atoms. The number of rotatable bonds is 59. The molecule has 6 heteroatoms. The zero-order valence-corrected chi connectivity index (χ0v) is 47.6. The highest BCUT2D eigenvalue weighted by Gasteiger charge is 2.19. The van der Waals surface area contributed by atoms with Gasteiger partial charge >= 0.3 is 17.9 Å². The zero-order valence-electron chi connectivity index (χ0n) is 47.6. The summed E-state index contributed by atoms with van der Waals surface area (Å²) in [5.74, 6) is -0.849. The van der Waals surface area contributed by atoms with Crippen molar-refractivity contribution in [1.82, 2.24) is 0 Å². The molecule has 6 nitrogen and oxygen atoms in total. The molecule has 0 aliphatic heterocycles. The first-order valence-electron chi connectivity index (χ1n) is 31.7. The van der Waals surface area contributed by atoms with E-state index in [1.165, 1.54) is 250 Å². The molecule has 0 spiro atoms. The van der Waals surface area contributed by atoms with E-state index in [1.54, 1.807) is 0 Å². The summed E-state index contributed by atoms with van der Waals surface area (Å²) in [5, 5.41) is 0. The van der Waals surface area contributed by atoms with Gasteiger partial charge in [-0.3, -0.25) is 14.4 Å². The van der Waals surface area contributed by atoms with Crippen LogP contribution < -0.4 is 0 Å². The molecule has 0 rings (SSSR count). The van der Waals surface area contributed by atoms with Gasteiger partial charge in [0, 0.05) is 19.3 Å². The van der Waals surface area contributed by atoms with Crippen LogP contribution in [0.5, 0.6) is 0 Å². The Hall–Kier alpha value is -1.85. The van der Waals surface area contributed by atoms with Crippen molar-refractivity contribution in [1.29, 1.82) is 0 Å². The third-order valence-electron chi connectivity index (χ3n) is 14.5. The van der Waals surface area contributed by atoms with E-state index in [2.05, 4.69) is 32.9 Å². The van der Waals surface area contributed by atoms with Gasteiger partial charge in [-0.1, -0.05) is 315 Å². The number of allylic oxidation sites excluding steroid dienone is 2. The average Bonchev–Trinajstić information content (AvgIpc) is 3.36. The van der Waals surface area contributed by atoms with Crippen LogP contribution in [0.3, 0.4) is 0 Å². The molecule has 1 atom stereocenters. The van der Waals surface area contributed by atoms with Crippen molar-refractivity contribution in [2.75, 3.05) is 13.2 Å². The number of ether oxygens (including phenoxy) is 3. The summed E-state index contributed by atoms with van der Waals surface area (Å²) in [4.78, 5) is 38.2. The van der Waals surface area contributed by atoms with E-state index in [4.69, 9.17) is 14.2 Å². The maximum absolute atomic E-state index is 12.9. The van der Waals surface area contributed by atoms with Gasteiger partial charge in [0.2, 0.25) is 0 Å². The predicted octanol–water partition coefficient (Wildman–Crippen LogP) is 21.3. The van der Waals surface area contributed by atoms with Crippen molar-refractivity contribution < 1.29 is 28.6 Å². The van der Waals surface area contributed by atoms with Crippen LogP contribution in [0.15, 0.2) is 12.2 Å². The second-order valence-corrected chi connectivity index (χ2v) is 21.7. The number of carbonyl (C=O) groups is 3. The Labute approximate surface area is 437 Å². The zero-order chi connectivity index (χ0) is 50.7. The Morgan fingerprint density at radius 3 is 0.771 bits per heavy atom.